The molecule has 0 bridgehead atoms. The molecule has 0 aromatic heterocycles. The number of rotatable bonds is 5. The Morgan fingerprint density at radius 3 is 2.33 bits per heavy atom. The van der Waals surface area contributed by atoms with Crippen LogP contribution < -0.4 is 5.32 Å². The lowest BCUT2D eigenvalue weighted by Gasteiger charge is -2.33. The minimum atomic E-state index is -3.06. The summed E-state index contributed by atoms with van der Waals surface area (Å²) in [5.74, 6) is 0.273. The lowest BCUT2D eigenvalue weighted by molar-refractivity contribution is 0.272. The van der Waals surface area contributed by atoms with Crippen LogP contribution in [0.15, 0.2) is 24.3 Å². The van der Waals surface area contributed by atoms with Crippen molar-refractivity contribution in [1.29, 1.82) is 0 Å². The van der Waals surface area contributed by atoms with E-state index in [9.17, 15) is 13.5 Å². The third kappa shape index (κ3) is 4.43. The second-order valence-corrected chi connectivity index (χ2v) is 7.64. The molecule has 1 atom stereocenters. The van der Waals surface area contributed by atoms with Crippen molar-refractivity contribution in [3.8, 4) is 5.75 Å². The highest BCUT2D eigenvalue weighted by atomic mass is 32.2. The van der Waals surface area contributed by atoms with E-state index in [1.54, 1.807) is 16.4 Å². The standard InChI is InChI=1S/C15H24N2O3S/c1-3-15(12-4-6-14(18)7-5-12)16-13-8-10-17(11-9-13)21(2,19)20/h4-7,13,15-16,18H,3,8-11H2,1-2H3. The number of hydrogen-bond donors (Lipinski definition) is 2. The van der Waals surface area contributed by atoms with Crippen molar-refractivity contribution >= 4 is 10.0 Å². The Balaban J connectivity index is 1.93. The maximum Gasteiger partial charge on any atom is 0.211 e. The van der Waals surface area contributed by atoms with E-state index in [2.05, 4.69) is 12.2 Å². The molecule has 1 aromatic carbocycles. The van der Waals surface area contributed by atoms with Gasteiger partial charge in [-0.1, -0.05) is 19.1 Å². The molecule has 1 heterocycles. The number of phenolic OH excluding ortho intramolecular Hbond substituents is 1. The maximum atomic E-state index is 11.5. The number of aromatic hydroxyl groups is 1. The summed E-state index contributed by atoms with van der Waals surface area (Å²) in [4.78, 5) is 0. The largest absolute Gasteiger partial charge is 0.508 e. The van der Waals surface area contributed by atoms with E-state index in [1.165, 1.54) is 6.26 Å². The number of piperidine rings is 1. The molecule has 1 unspecified atom stereocenters. The predicted octanol–water partition coefficient (Wildman–Crippen LogP) is 1.86. The van der Waals surface area contributed by atoms with E-state index >= 15 is 0 Å². The molecule has 0 amide bonds. The Bertz CT molecular complexity index is 549. The molecule has 118 valence electrons. The fourth-order valence-electron chi connectivity index (χ4n) is 2.80. The molecule has 2 rings (SSSR count). The summed E-state index contributed by atoms with van der Waals surface area (Å²) in [6, 6.07) is 7.84. The van der Waals surface area contributed by atoms with Crippen LogP contribution in [0.2, 0.25) is 0 Å². The van der Waals surface area contributed by atoms with Crippen molar-refractivity contribution in [2.75, 3.05) is 19.3 Å². The van der Waals surface area contributed by atoms with Crippen LogP contribution in [0.5, 0.6) is 5.75 Å². The van der Waals surface area contributed by atoms with E-state index in [0.29, 0.717) is 19.1 Å². The average molecular weight is 312 g/mol. The number of nitrogens with one attached hydrogen (secondary N) is 1. The van der Waals surface area contributed by atoms with Gasteiger partial charge < -0.3 is 10.4 Å². The highest BCUT2D eigenvalue weighted by molar-refractivity contribution is 7.88. The van der Waals surface area contributed by atoms with Gasteiger partial charge in [0.25, 0.3) is 0 Å². The van der Waals surface area contributed by atoms with Gasteiger partial charge in [0.1, 0.15) is 5.75 Å². The van der Waals surface area contributed by atoms with Crippen LogP contribution in [0.25, 0.3) is 0 Å². The second-order valence-electron chi connectivity index (χ2n) is 5.66. The second kappa shape index (κ2) is 6.77. The lowest BCUT2D eigenvalue weighted by atomic mass is 10.00. The third-order valence-electron chi connectivity index (χ3n) is 4.06. The first kappa shape index (κ1) is 16.3. The smallest absolute Gasteiger partial charge is 0.211 e. The molecule has 1 fully saturated rings. The first-order valence-corrected chi connectivity index (χ1v) is 9.25. The number of phenols is 1. The van der Waals surface area contributed by atoms with Crippen molar-refractivity contribution in [2.45, 2.75) is 38.3 Å². The van der Waals surface area contributed by atoms with Gasteiger partial charge >= 0.3 is 0 Å². The highest BCUT2D eigenvalue weighted by Crippen LogP contribution is 2.22. The van der Waals surface area contributed by atoms with Gasteiger partial charge in [-0.2, -0.15) is 0 Å². The molecule has 1 aliphatic heterocycles. The monoisotopic (exact) mass is 312 g/mol. The molecule has 0 saturated carbocycles. The van der Waals surface area contributed by atoms with Gasteiger partial charge in [-0.3, -0.25) is 0 Å². The predicted molar refractivity (Wildman–Crippen MR) is 83.7 cm³/mol. The van der Waals surface area contributed by atoms with Crippen LogP contribution >= 0.6 is 0 Å². The summed E-state index contributed by atoms with van der Waals surface area (Å²) in [5.41, 5.74) is 1.15. The molecule has 2 N–H and O–H groups in total. The Morgan fingerprint density at radius 1 is 1.29 bits per heavy atom. The zero-order valence-corrected chi connectivity index (χ0v) is 13.4. The highest BCUT2D eigenvalue weighted by Gasteiger charge is 2.26. The number of benzene rings is 1. The fourth-order valence-corrected chi connectivity index (χ4v) is 3.67. The van der Waals surface area contributed by atoms with E-state index in [4.69, 9.17) is 0 Å². The molecule has 1 aromatic rings. The minimum absolute atomic E-state index is 0.236. The summed E-state index contributed by atoms with van der Waals surface area (Å²) in [5, 5.41) is 13.0. The zero-order valence-electron chi connectivity index (χ0n) is 12.6. The van der Waals surface area contributed by atoms with Gasteiger partial charge in [0.05, 0.1) is 6.26 Å². The normalized spacial score (nSPS) is 19.5. The van der Waals surface area contributed by atoms with Gasteiger partial charge in [-0.25, -0.2) is 12.7 Å². The van der Waals surface area contributed by atoms with Crippen molar-refractivity contribution in [1.82, 2.24) is 9.62 Å². The summed E-state index contributed by atoms with van der Waals surface area (Å²) in [6.45, 7) is 3.29. The summed E-state index contributed by atoms with van der Waals surface area (Å²) in [6.07, 6.45) is 3.90. The first-order chi connectivity index (χ1) is 9.90. The average Bonchev–Trinajstić information content (AvgIpc) is 2.45. The van der Waals surface area contributed by atoms with Crippen LogP contribution in [0.3, 0.4) is 0 Å². The van der Waals surface area contributed by atoms with Crippen LogP contribution in [-0.4, -0.2) is 43.2 Å². The van der Waals surface area contributed by atoms with Crippen LogP contribution in [0.1, 0.15) is 37.8 Å². The number of nitrogens with zero attached hydrogens (tertiary/aromatic N) is 1. The topological polar surface area (TPSA) is 69.6 Å². The first-order valence-electron chi connectivity index (χ1n) is 7.40. The van der Waals surface area contributed by atoms with Crippen molar-refractivity contribution in [3.63, 3.8) is 0 Å². The zero-order chi connectivity index (χ0) is 15.5. The van der Waals surface area contributed by atoms with E-state index < -0.39 is 10.0 Å². The van der Waals surface area contributed by atoms with Gasteiger partial charge in [-0.05, 0) is 37.0 Å². The molecular formula is C15H24N2O3S. The quantitative estimate of drug-likeness (QED) is 0.870. The van der Waals surface area contributed by atoms with Crippen molar-refractivity contribution < 1.29 is 13.5 Å². The van der Waals surface area contributed by atoms with Crippen molar-refractivity contribution in [2.24, 2.45) is 0 Å². The fraction of sp³-hybridized carbons (Fsp3) is 0.600. The molecule has 1 saturated heterocycles. The summed E-state index contributed by atoms with van der Waals surface area (Å²) < 4.78 is 24.6. The van der Waals surface area contributed by atoms with Gasteiger partial charge in [0, 0.05) is 25.2 Å². The summed E-state index contributed by atoms with van der Waals surface area (Å²) >= 11 is 0. The lowest BCUT2D eigenvalue weighted by Crippen LogP contribution is -2.45. The Kier molecular flexibility index (Phi) is 5.24. The Hall–Kier alpha value is -1.11. The molecule has 21 heavy (non-hydrogen) atoms. The molecular weight excluding hydrogens is 288 g/mol. The van der Waals surface area contributed by atoms with Gasteiger partial charge in [0.15, 0.2) is 0 Å². The number of sulfonamides is 1. The van der Waals surface area contributed by atoms with Crippen LogP contribution in [-0.2, 0) is 10.0 Å². The third-order valence-corrected chi connectivity index (χ3v) is 5.37. The Morgan fingerprint density at radius 2 is 1.86 bits per heavy atom. The summed E-state index contributed by atoms with van der Waals surface area (Å²) in [7, 11) is -3.06. The Labute approximate surface area is 127 Å². The molecule has 1 aliphatic rings. The van der Waals surface area contributed by atoms with Gasteiger partial charge in [0.2, 0.25) is 10.0 Å². The number of hydrogen-bond acceptors (Lipinski definition) is 4. The van der Waals surface area contributed by atoms with E-state index in [0.717, 1.165) is 24.8 Å². The van der Waals surface area contributed by atoms with Crippen LogP contribution in [0.4, 0.5) is 0 Å². The SMILES string of the molecule is CCC(NC1CCN(S(C)(=O)=O)CC1)c1ccc(O)cc1. The molecule has 0 spiro atoms. The van der Waals surface area contributed by atoms with Crippen molar-refractivity contribution in [3.05, 3.63) is 29.8 Å². The van der Waals surface area contributed by atoms with E-state index in [-0.39, 0.29) is 11.8 Å². The molecule has 6 heteroatoms. The molecule has 5 nitrogen and oxygen atoms in total. The minimum Gasteiger partial charge on any atom is -0.508 e. The maximum absolute atomic E-state index is 11.5. The van der Waals surface area contributed by atoms with Gasteiger partial charge in [-0.15, -0.1) is 0 Å². The van der Waals surface area contributed by atoms with E-state index in [1.807, 2.05) is 12.1 Å². The molecule has 0 radical (unpaired) electrons. The van der Waals surface area contributed by atoms with Crippen LogP contribution in [0, 0.1) is 0 Å². The molecule has 0 aliphatic carbocycles.